The van der Waals surface area contributed by atoms with Gasteiger partial charge in [0, 0.05) is 4.88 Å². The third-order valence-electron chi connectivity index (χ3n) is 2.69. The lowest BCUT2D eigenvalue weighted by Gasteiger charge is -2.08. The number of hydrogen-bond acceptors (Lipinski definition) is 5. The van der Waals surface area contributed by atoms with Crippen LogP contribution in [0, 0.1) is 0 Å². The highest BCUT2D eigenvalue weighted by molar-refractivity contribution is 7.11. The summed E-state index contributed by atoms with van der Waals surface area (Å²) in [7, 11) is 1.48. The molecule has 2 N–H and O–H groups in total. The van der Waals surface area contributed by atoms with E-state index in [0.29, 0.717) is 11.3 Å². The fourth-order valence-electron chi connectivity index (χ4n) is 1.66. The lowest BCUT2D eigenvalue weighted by Crippen LogP contribution is -2.35. The largest absolute Gasteiger partial charge is 0.496 e. The van der Waals surface area contributed by atoms with E-state index in [1.165, 1.54) is 18.4 Å². The maximum Gasteiger partial charge on any atom is 0.259 e. The molecule has 0 bridgehead atoms. The van der Waals surface area contributed by atoms with Gasteiger partial charge in [0.2, 0.25) is 0 Å². The Morgan fingerprint density at radius 1 is 1.27 bits per heavy atom. The number of thiophene rings is 1. The van der Waals surface area contributed by atoms with Gasteiger partial charge in [-0.3, -0.25) is 9.59 Å². The average Bonchev–Trinajstić information content (AvgIpc) is 3.06. The second kappa shape index (κ2) is 7.94. The number of hydrazone groups is 1. The zero-order valence-corrected chi connectivity index (χ0v) is 12.7. The number of methoxy groups -OCH3 is 1. The molecule has 22 heavy (non-hydrogen) atoms. The first-order valence-electron chi connectivity index (χ1n) is 6.47. The summed E-state index contributed by atoms with van der Waals surface area (Å²) in [5.74, 6) is -0.331. The molecule has 0 aliphatic carbocycles. The van der Waals surface area contributed by atoms with Crippen LogP contribution in [0.15, 0.2) is 46.9 Å². The molecule has 7 heteroatoms. The van der Waals surface area contributed by atoms with E-state index in [1.54, 1.807) is 30.5 Å². The standard InChI is InChI=1S/C15H15N3O3S/c1-21-13-7-3-2-6-12(13)15(20)16-10-14(19)18-17-9-11-5-4-8-22-11/h2-9H,10H2,1H3,(H,16,20)(H,18,19). The first-order valence-corrected chi connectivity index (χ1v) is 7.35. The van der Waals surface area contributed by atoms with Gasteiger partial charge in [0.05, 0.1) is 25.4 Å². The van der Waals surface area contributed by atoms with Crippen molar-refractivity contribution in [3.8, 4) is 5.75 Å². The molecule has 2 aromatic rings. The topological polar surface area (TPSA) is 79.8 Å². The Hall–Kier alpha value is -2.67. The van der Waals surface area contributed by atoms with Gasteiger partial charge in [0.25, 0.3) is 11.8 Å². The minimum Gasteiger partial charge on any atom is -0.496 e. The van der Waals surface area contributed by atoms with Crippen LogP contribution in [-0.2, 0) is 4.79 Å². The van der Waals surface area contributed by atoms with E-state index in [0.717, 1.165) is 4.88 Å². The summed E-state index contributed by atoms with van der Waals surface area (Å²) in [6, 6.07) is 10.6. The second-order valence-electron chi connectivity index (χ2n) is 4.19. The van der Waals surface area contributed by atoms with E-state index in [4.69, 9.17) is 4.74 Å². The van der Waals surface area contributed by atoms with Crippen molar-refractivity contribution in [1.82, 2.24) is 10.7 Å². The Morgan fingerprint density at radius 2 is 2.09 bits per heavy atom. The van der Waals surface area contributed by atoms with Crippen LogP contribution in [0.25, 0.3) is 0 Å². The predicted octanol–water partition coefficient (Wildman–Crippen LogP) is 1.64. The highest BCUT2D eigenvalue weighted by Crippen LogP contribution is 2.16. The summed E-state index contributed by atoms with van der Waals surface area (Å²) in [5, 5.41) is 8.24. The smallest absolute Gasteiger partial charge is 0.259 e. The fraction of sp³-hybridized carbons (Fsp3) is 0.133. The average molecular weight is 317 g/mol. The maximum absolute atomic E-state index is 12.0. The van der Waals surface area contributed by atoms with Crippen molar-refractivity contribution in [3.63, 3.8) is 0 Å². The molecule has 0 spiro atoms. The van der Waals surface area contributed by atoms with Crippen LogP contribution in [0.4, 0.5) is 0 Å². The molecule has 1 aromatic heterocycles. The number of amides is 2. The molecule has 0 saturated heterocycles. The minimum absolute atomic E-state index is 0.168. The molecule has 2 rings (SSSR count). The number of rotatable bonds is 6. The van der Waals surface area contributed by atoms with Crippen molar-refractivity contribution >= 4 is 29.4 Å². The summed E-state index contributed by atoms with van der Waals surface area (Å²) in [6.07, 6.45) is 1.55. The molecule has 0 unspecified atom stereocenters. The number of hydrogen-bond donors (Lipinski definition) is 2. The number of benzene rings is 1. The minimum atomic E-state index is -0.406. The summed E-state index contributed by atoms with van der Waals surface area (Å²) >= 11 is 1.51. The van der Waals surface area contributed by atoms with Crippen LogP contribution in [0.1, 0.15) is 15.2 Å². The van der Waals surface area contributed by atoms with E-state index in [2.05, 4.69) is 15.8 Å². The first kappa shape index (κ1) is 15.7. The number of nitrogens with zero attached hydrogens (tertiary/aromatic N) is 1. The quantitative estimate of drug-likeness (QED) is 0.628. The van der Waals surface area contributed by atoms with Gasteiger partial charge >= 0.3 is 0 Å². The van der Waals surface area contributed by atoms with E-state index in [-0.39, 0.29) is 12.5 Å². The molecule has 1 heterocycles. The van der Waals surface area contributed by atoms with Crippen LogP contribution >= 0.6 is 11.3 Å². The van der Waals surface area contributed by atoms with E-state index < -0.39 is 5.91 Å². The summed E-state index contributed by atoms with van der Waals surface area (Å²) in [5.41, 5.74) is 2.72. The fourth-order valence-corrected chi connectivity index (χ4v) is 2.25. The Balaban J connectivity index is 1.82. The predicted molar refractivity (Wildman–Crippen MR) is 85.4 cm³/mol. The molecule has 1 aromatic carbocycles. The van der Waals surface area contributed by atoms with Crippen molar-refractivity contribution < 1.29 is 14.3 Å². The van der Waals surface area contributed by atoms with Crippen LogP contribution in [0.2, 0.25) is 0 Å². The maximum atomic E-state index is 12.0. The molecule has 0 aliphatic heterocycles. The second-order valence-corrected chi connectivity index (χ2v) is 5.17. The third-order valence-corrected chi connectivity index (χ3v) is 3.49. The number of carbonyl (C=O) groups excluding carboxylic acids is 2. The van der Waals surface area contributed by atoms with E-state index in [1.807, 2.05) is 17.5 Å². The molecule has 2 amide bonds. The summed E-state index contributed by atoms with van der Waals surface area (Å²) < 4.78 is 5.10. The Morgan fingerprint density at radius 3 is 2.82 bits per heavy atom. The number of para-hydroxylation sites is 1. The summed E-state index contributed by atoms with van der Waals surface area (Å²) in [6.45, 7) is -0.168. The molecule has 0 radical (unpaired) electrons. The van der Waals surface area contributed by atoms with E-state index >= 15 is 0 Å². The molecule has 114 valence electrons. The van der Waals surface area contributed by atoms with Gasteiger partial charge in [-0.25, -0.2) is 5.43 Å². The van der Waals surface area contributed by atoms with E-state index in [9.17, 15) is 9.59 Å². The van der Waals surface area contributed by atoms with Crippen molar-refractivity contribution in [2.24, 2.45) is 5.10 Å². The van der Waals surface area contributed by atoms with Crippen LogP contribution in [0.3, 0.4) is 0 Å². The molecule has 6 nitrogen and oxygen atoms in total. The van der Waals surface area contributed by atoms with Crippen LogP contribution < -0.4 is 15.5 Å². The van der Waals surface area contributed by atoms with Gasteiger partial charge in [-0.05, 0) is 23.6 Å². The molecular formula is C15H15N3O3S. The van der Waals surface area contributed by atoms with Crippen molar-refractivity contribution in [2.75, 3.05) is 13.7 Å². The molecular weight excluding hydrogens is 302 g/mol. The van der Waals surface area contributed by atoms with Gasteiger partial charge < -0.3 is 10.1 Å². The van der Waals surface area contributed by atoms with Gasteiger partial charge in [0.15, 0.2) is 0 Å². The van der Waals surface area contributed by atoms with Crippen LogP contribution in [-0.4, -0.2) is 31.7 Å². The Bertz CT molecular complexity index is 668. The molecule has 0 saturated carbocycles. The highest BCUT2D eigenvalue weighted by atomic mass is 32.1. The number of nitrogens with one attached hydrogen (secondary N) is 2. The SMILES string of the molecule is COc1ccccc1C(=O)NCC(=O)NN=Cc1cccs1. The van der Waals surface area contributed by atoms with Crippen molar-refractivity contribution in [3.05, 3.63) is 52.2 Å². The third kappa shape index (κ3) is 4.42. The lowest BCUT2D eigenvalue weighted by molar-refractivity contribution is -0.120. The molecule has 0 fully saturated rings. The Kier molecular flexibility index (Phi) is 5.67. The zero-order valence-electron chi connectivity index (χ0n) is 11.9. The van der Waals surface area contributed by atoms with Gasteiger partial charge in [-0.15, -0.1) is 11.3 Å². The molecule has 0 atom stereocenters. The number of ether oxygens (including phenoxy) is 1. The first-order chi connectivity index (χ1) is 10.7. The monoisotopic (exact) mass is 317 g/mol. The Labute approximate surface area is 131 Å². The normalized spacial score (nSPS) is 10.4. The van der Waals surface area contributed by atoms with Gasteiger partial charge in [-0.2, -0.15) is 5.10 Å². The summed E-state index contributed by atoms with van der Waals surface area (Å²) in [4.78, 5) is 24.5. The molecule has 0 aliphatic rings. The van der Waals surface area contributed by atoms with Crippen molar-refractivity contribution in [1.29, 1.82) is 0 Å². The number of carbonyl (C=O) groups is 2. The lowest BCUT2D eigenvalue weighted by atomic mass is 10.2. The highest BCUT2D eigenvalue weighted by Gasteiger charge is 2.12. The van der Waals surface area contributed by atoms with Crippen molar-refractivity contribution in [2.45, 2.75) is 0 Å². The zero-order chi connectivity index (χ0) is 15.8. The van der Waals surface area contributed by atoms with Crippen LogP contribution in [0.5, 0.6) is 5.75 Å². The van der Waals surface area contributed by atoms with Gasteiger partial charge in [0.1, 0.15) is 5.75 Å². The van der Waals surface area contributed by atoms with Gasteiger partial charge in [-0.1, -0.05) is 18.2 Å².